The maximum Gasteiger partial charge on any atom is 2.00 e. The largest absolute Gasteiger partial charge is 2.00 e. The zero-order valence-corrected chi connectivity index (χ0v) is 26.7. The molecule has 3 saturated heterocycles. The van der Waals surface area contributed by atoms with Gasteiger partial charge in [0.25, 0.3) is 0 Å². The molecule has 5 aliphatic rings. The van der Waals surface area contributed by atoms with E-state index in [0.29, 0.717) is 6.61 Å². The summed E-state index contributed by atoms with van der Waals surface area (Å²) in [5.41, 5.74) is 4.24. The summed E-state index contributed by atoms with van der Waals surface area (Å²) in [5, 5.41) is 11.2. The molecule has 2 aromatic rings. The van der Waals surface area contributed by atoms with Gasteiger partial charge in [-0.15, -0.1) is 0 Å². The normalized spacial score (nSPS) is 29.0. The van der Waals surface area contributed by atoms with Crippen molar-refractivity contribution in [3.05, 3.63) is 123 Å². The van der Waals surface area contributed by atoms with E-state index in [2.05, 4.69) is 93.5 Å². The average Bonchev–Trinajstić information content (AvgIpc) is 3.85. The Morgan fingerprint density at radius 3 is 2.04 bits per heavy atom. The van der Waals surface area contributed by atoms with E-state index in [1.165, 1.54) is 17.4 Å². The Labute approximate surface area is 280 Å². The van der Waals surface area contributed by atoms with E-state index in [1.807, 2.05) is 30.3 Å². The summed E-state index contributed by atoms with van der Waals surface area (Å²) < 4.78 is 30.9. The van der Waals surface area contributed by atoms with E-state index in [9.17, 15) is 5.11 Å². The maximum atomic E-state index is 11.2. The van der Waals surface area contributed by atoms with Crippen LogP contribution in [0.3, 0.4) is 0 Å². The summed E-state index contributed by atoms with van der Waals surface area (Å²) in [6, 6.07) is 16.4. The second-order valence-corrected chi connectivity index (χ2v) is 12.2. The molecule has 3 aliphatic heterocycles. The van der Waals surface area contributed by atoms with Crippen LogP contribution in [-0.2, 0) is 53.5 Å². The molecule has 0 bridgehead atoms. The van der Waals surface area contributed by atoms with Gasteiger partial charge in [0, 0.05) is 26.2 Å². The molecule has 8 nitrogen and oxygen atoms in total. The zero-order valence-electron chi connectivity index (χ0n) is 25.6. The molecule has 232 valence electrons. The Kier molecular flexibility index (Phi) is 11.5. The van der Waals surface area contributed by atoms with Gasteiger partial charge in [0.15, 0.2) is 6.29 Å². The van der Waals surface area contributed by atoms with Crippen LogP contribution in [-0.4, -0.2) is 93.6 Å². The molecule has 2 saturated carbocycles. The number of hydrogen-bond donors (Lipinski definition) is 1. The molecule has 11 heteroatoms. The summed E-state index contributed by atoms with van der Waals surface area (Å²) in [7, 11) is 3.10. The average molecular weight is 648 g/mol. The van der Waals surface area contributed by atoms with Crippen molar-refractivity contribution in [1.29, 1.82) is 0 Å². The predicted molar refractivity (Wildman–Crippen MR) is 169 cm³/mol. The summed E-state index contributed by atoms with van der Waals surface area (Å²) >= 11 is 0. The van der Waals surface area contributed by atoms with Crippen LogP contribution in [0.1, 0.15) is 11.1 Å². The van der Waals surface area contributed by atoms with Crippen LogP contribution >= 0.6 is 0 Å². The van der Waals surface area contributed by atoms with Gasteiger partial charge in [0.05, 0.1) is 12.7 Å². The number of aliphatic hydroxyl groups is 1. The van der Waals surface area contributed by atoms with Crippen LogP contribution in [0.5, 0.6) is 0 Å². The smallest absolute Gasteiger partial charge is 0.405 e. The van der Waals surface area contributed by atoms with Crippen molar-refractivity contribution in [2.24, 2.45) is 0 Å². The Morgan fingerprint density at radius 2 is 1.38 bits per heavy atom. The second-order valence-electron chi connectivity index (χ2n) is 12.2. The van der Waals surface area contributed by atoms with Crippen LogP contribution in [0.15, 0.2) is 48.5 Å². The number of rotatable bonds is 11. The number of aliphatic hydroxyl groups excluding tert-OH is 1. The van der Waals surface area contributed by atoms with Crippen LogP contribution in [0.4, 0.5) is 0 Å². The van der Waals surface area contributed by atoms with E-state index in [1.54, 1.807) is 0 Å². The maximum absolute atomic E-state index is 11.2. The fourth-order valence-corrected chi connectivity index (χ4v) is 6.50. The first kappa shape index (κ1) is 33.7. The minimum Gasteiger partial charge on any atom is -0.405 e. The zero-order chi connectivity index (χ0) is 30.0. The summed E-state index contributed by atoms with van der Waals surface area (Å²) in [6.45, 7) is 3.68. The first-order valence-corrected chi connectivity index (χ1v) is 15.4. The first-order chi connectivity index (χ1) is 21.5. The fraction of sp³-hybridized carbons (Fsp3) is 0.353. The predicted octanol–water partition coefficient (Wildman–Crippen LogP) is 1.37. The van der Waals surface area contributed by atoms with Gasteiger partial charge < -0.3 is 38.3 Å². The Hall–Kier alpha value is -1.23. The van der Waals surface area contributed by atoms with E-state index < -0.39 is 44.9 Å². The number of fused-ring (bicyclic) bond motifs is 1. The molecule has 0 amide bonds. The van der Waals surface area contributed by atoms with Crippen molar-refractivity contribution >= 4 is 25.2 Å². The van der Waals surface area contributed by atoms with E-state index in [-0.39, 0.29) is 17.1 Å². The van der Waals surface area contributed by atoms with Crippen molar-refractivity contribution in [3.63, 3.8) is 0 Å². The van der Waals surface area contributed by atoms with Gasteiger partial charge >= 0.3 is 31.3 Å². The van der Waals surface area contributed by atoms with Gasteiger partial charge in [0.1, 0.15) is 18.3 Å². The molecule has 2 aromatic carbocycles. The van der Waals surface area contributed by atoms with Gasteiger partial charge in [-0.1, -0.05) is 48.5 Å². The van der Waals surface area contributed by atoms with Gasteiger partial charge in [-0.3, -0.25) is 0 Å². The quantitative estimate of drug-likeness (QED) is 0.367. The molecular weight excluding hydrogens is 610 g/mol. The standard InChI is InChI=1S/C34H38B2N2O6.Fe/c1-37(19-24-9-3-4-10-24)21-26-15-17-28(18-16-26)35-43-33-31(39)32(41-34(33)44-35)30-23-40-36(42-30)29-14-8-7-13-27(29)22-38(2)20-25-11-5-6-12-25;/h3-18,30-34,39H,19-23H2,1-2H3;/q;+2/t30-,31+,32-,33-,34-;/m1./s1. The summed E-state index contributed by atoms with van der Waals surface area (Å²) in [6.07, 6.45) is 13.6. The van der Waals surface area contributed by atoms with E-state index >= 15 is 0 Å². The minimum atomic E-state index is -0.896. The Morgan fingerprint density at radius 1 is 0.733 bits per heavy atom. The van der Waals surface area contributed by atoms with Crippen molar-refractivity contribution in [1.82, 2.24) is 9.80 Å². The third-order valence-corrected chi connectivity index (χ3v) is 8.67. The molecular formula is C34H38B2FeN2O6+2. The van der Waals surface area contributed by atoms with Crippen molar-refractivity contribution in [3.8, 4) is 0 Å². The molecule has 10 radical (unpaired) electrons. The van der Waals surface area contributed by atoms with Crippen LogP contribution in [0.25, 0.3) is 0 Å². The van der Waals surface area contributed by atoms with Crippen LogP contribution in [0.2, 0.25) is 0 Å². The third-order valence-electron chi connectivity index (χ3n) is 8.67. The fourth-order valence-electron chi connectivity index (χ4n) is 6.50. The molecule has 3 heterocycles. The SMILES string of the molecule is CN(C[C]1[CH][CH][CH][CH]1)Cc1ccc(B2O[C@H]3O[C@H]([C@H]4COB(c5ccccc5CN(C)C[C]5[CH][CH][CH][CH]5)O4)[C@H](O)[C@H]3O2)cc1.[Fe+2]. The van der Waals surface area contributed by atoms with Gasteiger partial charge in [-0.2, -0.15) is 0 Å². The monoisotopic (exact) mass is 648 g/mol. The molecule has 2 aliphatic carbocycles. The number of nitrogens with zero attached hydrogens (tertiary/aromatic N) is 2. The summed E-state index contributed by atoms with van der Waals surface area (Å²) in [5.74, 6) is 2.59. The molecule has 5 atom stereocenters. The van der Waals surface area contributed by atoms with Gasteiger partial charge in [-0.05, 0) is 99.4 Å². The Balaban J connectivity index is 0.00000357. The number of hydrogen-bond acceptors (Lipinski definition) is 8. The van der Waals surface area contributed by atoms with E-state index in [0.717, 1.165) is 42.7 Å². The van der Waals surface area contributed by atoms with Crippen molar-refractivity contribution < 1.29 is 45.5 Å². The molecule has 0 spiro atoms. The minimum absolute atomic E-state index is 0. The van der Waals surface area contributed by atoms with Crippen LogP contribution < -0.4 is 10.9 Å². The topological polar surface area (TPSA) is 72.9 Å². The molecule has 45 heavy (non-hydrogen) atoms. The first-order valence-electron chi connectivity index (χ1n) is 15.4. The van der Waals surface area contributed by atoms with Gasteiger partial charge in [0.2, 0.25) is 0 Å². The second kappa shape index (κ2) is 15.3. The van der Waals surface area contributed by atoms with E-state index in [4.69, 9.17) is 23.4 Å². The molecule has 7 rings (SSSR count). The summed E-state index contributed by atoms with van der Waals surface area (Å²) in [4.78, 5) is 4.55. The van der Waals surface area contributed by atoms with Crippen molar-refractivity contribution in [2.45, 2.75) is 43.8 Å². The molecule has 0 unspecified atom stereocenters. The molecule has 1 N–H and O–H groups in total. The van der Waals surface area contributed by atoms with Crippen LogP contribution in [0, 0.1) is 63.2 Å². The number of benzene rings is 2. The van der Waals surface area contributed by atoms with Gasteiger partial charge in [-0.25, -0.2) is 0 Å². The third kappa shape index (κ3) is 7.92. The molecule has 0 aromatic heterocycles. The molecule has 5 fully saturated rings. The Bertz CT molecular complexity index is 1230. The number of ether oxygens (including phenoxy) is 1. The van der Waals surface area contributed by atoms with Crippen molar-refractivity contribution in [2.75, 3.05) is 33.8 Å².